The molecule has 0 spiro atoms. The lowest BCUT2D eigenvalue weighted by molar-refractivity contribution is 0.100. The molecule has 40 heavy (non-hydrogen) atoms. The summed E-state index contributed by atoms with van der Waals surface area (Å²) in [7, 11) is 1.86. The Balaban J connectivity index is 0.000000207. The van der Waals surface area contributed by atoms with E-state index in [9.17, 15) is 9.59 Å². The van der Waals surface area contributed by atoms with Gasteiger partial charge in [-0.15, -0.1) is 0 Å². The highest BCUT2D eigenvalue weighted by atomic mass is 16.1. The van der Waals surface area contributed by atoms with Crippen molar-refractivity contribution in [3.8, 4) is 17.5 Å². The van der Waals surface area contributed by atoms with E-state index in [0.717, 1.165) is 34.3 Å². The first-order chi connectivity index (χ1) is 19.4. The average Bonchev–Trinajstić information content (AvgIpc) is 3.60. The third kappa shape index (κ3) is 5.04. The summed E-state index contributed by atoms with van der Waals surface area (Å²) in [6, 6.07) is 17.6. The number of aromatic nitrogens is 6. The zero-order valence-corrected chi connectivity index (χ0v) is 21.9. The minimum atomic E-state index is -0.623. The highest BCUT2D eigenvalue weighted by Gasteiger charge is 2.14. The van der Waals surface area contributed by atoms with Crippen LogP contribution in [0.3, 0.4) is 0 Å². The molecule has 0 fully saturated rings. The van der Waals surface area contributed by atoms with Crippen molar-refractivity contribution in [2.75, 3.05) is 5.73 Å². The molecule has 198 valence electrons. The van der Waals surface area contributed by atoms with Gasteiger partial charge in [-0.05, 0) is 36.1 Å². The Kier molecular flexibility index (Phi) is 7.11. The molecule has 0 radical (unpaired) electrons. The summed E-state index contributed by atoms with van der Waals surface area (Å²) in [6.45, 7) is 2.06. The van der Waals surface area contributed by atoms with Crippen molar-refractivity contribution in [3.63, 3.8) is 0 Å². The van der Waals surface area contributed by atoms with Gasteiger partial charge in [0.05, 0.1) is 17.1 Å². The van der Waals surface area contributed by atoms with Crippen LogP contribution in [-0.4, -0.2) is 34.6 Å². The number of nitrogens with two attached hydrogens (primary N) is 2. The van der Waals surface area contributed by atoms with E-state index in [1.54, 1.807) is 32.2 Å². The quantitative estimate of drug-likeness (QED) is 0.337. The molecule has 0 aliphatic heterocycles. The molecule has 2 aromatic carbocycles. The number of hydrogen-bond donors (Lipinski definition) is 2. The standard InChI is InChI=1S/C23H19N3O.C7H7N5O/c1-3-20-14-19-9-7-8-18(13-12-17-15-24-25(2)16-17)22(19)23(27)26(20)21-10-5-4-6-11-21;8-5-4(6(9)13)7-10-1-2-12(7)3-11-5/h4-11,14-16H,3H2,1-2H3;1-3H,8H2,(H2,9,13). The molecule has 0 unspecified atom stereocenters. The Labute approximate surface area is 229 Å². The molecule has 6 rings (SSSR count). The molecule has 0 aliphatic carbocycles. The van der Waals surface area contributed by atoms with E-state index >= 15 is 0 Å². The smallest absolute Gasteiger partial charge is 0.264 e. The van der Waals surface area contributed by atoms with Gasteiger partial charge < -0.3 is 11.5 Å². The molecule has 4 heterocycles. The SMILES string of the molecule is CCc1cc2cccc(C#Cc3cnn(C)c3)c2c(=O)n1-c1ccccc1.NC(=O)c1c(N)ncn2ccnc12. The van der Waals surface area contributed by atoms with Gasteiger partial charge in [0.15, 0.2) is 5.65 Å². The maximum atomic E-state index is 13.4. The van der Waals surface area contributed by atoms with Crippen LogP contribution in [0.15, 0.2) is 90.5 Å². The van der Waals surface area contributed by atoms with Crippen LogP contribution in [0.5, 0.6) is 0 Å². The maximum Gasteiger partial charge on any atom is 0.264 e. The summed E-state index contributed by atoms with van der Waals surface area (Å²) >= 11 is 0. The monoisotopic (exact) mass is 530 g/mol. The molecule has 4 aromatic heterocycles. The molecular formula is C30H26N8O2. The molecule has 0 aliphatic rings. The second-order valence-corrected chi connectivity index (χ2v) is 8.91. The number of imidazole rings is 1. The van der Waals surface area contributed by atoms with Gasteiger partial charge in [-0.1, -0.05) is 49.1 Å². The number of rotatable bonds is 3. The number of para-hydroxylation sites is 1. The summed E-state index contributed by atoms with van der Waals surface area (Å²) in [5.41, 5.74) is 14.6. The van der Waals surface area contributed by atoms with E-state index in [1.807, 2.05) is 61.8 Å². The van der Waals surface area contributed by atoms with Crippen LogP contribution in [0.25, 0.3) is 22.1 Å². The van der Waals surface area contributed by atoms with Crippen molar-refractivity contribution in [1.82, 2.24) is 28.7 Å². The van der Waals surface area contributed by atoms with E-state index in [2.05, 4.69) is 39.9 Å². The Morgan fingerprint density at radius 3 is 2.55 bits per heavy atom. The third-order valence-electron chi connectivity index (χ3n) is 6.26. The number of benzene rings is 2. The summed E-state index contributed by atoms with van der Waals surface area (Å²) < 4.78 is 5.08. The van der Waals surface area contributed by atoms with Crippen LogP contribution in [0.1, 0.15) is 34.1 Å². The number of hydrogen-bond acceptors (Lipinski definition) is 6. The van der Waals surface area contributed by atoms with Crippen LogP contribution in [0.2, 0.25) is 0 Å². The molecule has 0 bridgehead atoms. The minimum absolute atomic E-state index is 0.0355. The number of primary amides is 1. The fraction of sp³-hybridized carbons (Fsp3) is 0.100. The van der Waals surface area contributed by atoms with Gasteiger partial charge >= 0.3 is 0 Å². The van der Waals surface area contributed by atoms with Gasteiger partial charge in [0.25, 0.3) is 11.5 Å². The first kappa shape index (κ1) is 25.9. The van der Waals surface area contributed by atoms with Crippen molar-refractivity contribution in [1.29, 1.82) is 0 Å². The van der Waals surface area contributed by atoms with Gasteiger partial charge in [0.1, 0.15) is 17.7 Å². The second kappa shape index (κ2) is 11.0. The Hall–Kier alpha value is -5.69. The summed E-state index contributed by atoms with van der Waals surface area (Å²) in [5, 5.41) is 5.70. The number of nitrogen functional groups attached to an aromatic ring is 1. The normalized spacial score (nSPS) is 10.6. The molecule has 10 nitrogen and oxygen atoms in total. The number of pyridine rings is 1. The van der Waals surface area contributed by atoms with Crippen LogP contribution in [-0.2, 0) is 13.5 Å². The fourth-order valence-electron chi connectivity index (χ4n) is 4.40. The summed E-state index contributed by atoms with van der Waals surface area (Å²) in [4.78, 5) is 32.1. The number of nitrogens with zero attached hydrogens (tertiary/aromatic N) is 6. The number of carbonyl (C=O) groups is 1. The van der Waals surface area contributed by atoms with Gasteiger partial charge in [0.2, 0.25) is 0 Å². The average molecular weight is 531 g/mol. The predicted molar refractivity (Wildman–Crippen MR) is 154 cm³/mol. The molecule has 6 aromatic rings. The fourth-order valence-corrected chi connectivity index (χ4v) is 4.40. The zero-order valence-electron chi connectivity index (χ0n) is 21.9. The molecular weight excluding hydrogens is 504 g/mol. The van der Waals surface area contributed by atoms with Crippen LogP contribution >= 0.6 is 0 Å². The number of amides is 1. The Bertz CT molecular complexity index is 1970. The highest BCUT2D eigenvalue weighted by molar-refractivity contribution is 6.02. The molecule has 1 amide bonds. The number of fused-ring (bicyclic) bond motifs is 2. The first-order valence-corrected chi connectivity index (χ1v) is 12.5. The van der Waals surface area contributed by atoms with E-state index < -0.39 is 5.91 Å². The predicted octanol–water partition coefficient (Wildman–Crippen LogP) is 3.10. The Morgan fingerprint density at radius 1 is 1.05 bits per heavy atom. The third-order valence-corrected chi connectivity index (χ3v) is 6.26. The van der Waals surface area contributed by atoms with Gasteiger partial charge in [0, 0.05) is 42.6 Å². The van der Waals surface area contributed by atoms with Crippen molar-refractivity contribution in [2.45, 2.75) is 13.3 Å². The molecule has 10 heteroatoms. The van der Waals surface area contributed by atoms with Crippen molar-refractivity contribution in [3.05, 3.63) is 118 Å². The van der Waals surface area contributed by atoms with Crippen LogP contribution in [0.4, 0.5) is 5.82 Å². The molecule has 0 saturated heterocycles. The first-order valence-electron chi connectivity index (χ1n) is 12.5. The number of carbonyl (C=O) groups excluding carboxylic acids is 1. The number of anilines is 1. The molecule has 4 N–H and O–H groups in total. The lowest BCUT2D eigenvalue weighted by Gasteiger charge is -2.14. The van der Waals surface area contributed by atoms with Crippen molar-refractivity contribution >= 4 is 28.1 Å². The van der Waals surface area contributed by atoms with Gasteiger partial charge in [-0.25, -0.2) is 9.97 Å². The van der Waals surface area contributed by atoms with E-state index in [-0.39, 0.29) is 16.9 Å². The van der Waals surface area contributed by atoms with Crippen molar-refractivity contribution in [2.24, 2.45) is 12.8 Å². The van der Waals surface area contributed by atoms with Crippen molar-refractivity contribution < 1.29 is 4.79 Å². The second-order valence-electron chi connectivity index (χ2n) is 8.91. The van der Waals surface area contributed by atoms with Gasteiger partial charge in [-0.3, -0.25) is 23.2 Å². The van der Waals surface area contributed by atoms with E-state index in [0.29, 0.717) is 11.0 Å². The molecule has 0 atom stereocenters. The van der Waals surface area contributed by atoms with Crippen LogP contribution in [0, 0.1) is 11.8 Å². The van der Waals surface area contributed by atoms with E-state index in [4.69, 9.17) is 11.5 Å². The summed E-state index contributed by atoms with van der Waals surface area (Å²) in [5.74, 6) is 5.74. The number of aryl methyl sites for hydroxylation is 2. The largest absolute Gasteiger partial charge is 0.383 e. The van der Waals surface area contributed by atoms with Crippen LogP contribution < -0.4 is 17.0 Å². The lowest BCUT2D eigenvalue weighted by atomic mass is 10.0. The summed E-state index contributed by atoms with van der Waals surface area (Å²) in [6.07, 6.45) is 9.03. The zero-order chi connectivity index (χ0) is 28.2. The molecule has 0 saturated carbocycles. The highest BCUT2D eigenvalue weighted by Crippen LogP contribution is 2.19. The van der Waals surface area contributed by atoms with Gasteiger partial charge in [-0.2, -0.15) is 5.10 Å². The minimum Gasteiger partial charge on any atom is -0.383 e. The maximum absolute atomic E-state index is 13.4. The van der Waals surface area contributed by atoms with E-state index in [1.165, 1.54) is 6.33 Å². The topological polar surface area (TPSA) is 139 Å². The Morgan fingerprint density at radius 2 is 1.85 bits per heavy atom. The lowest BCUT2D eigenvalue weighted by Crippen LogP contribution is -2.22.